The zero-order valence-corrected chi connectivity index (χ0v) is 16.4. The number of nitrogens with two attached hydrogens (primary N) is 1. The summed E-state index contributed by atoms with van der Waals surface area (Å²) < 4.78 is 11.6. The van der Waals surface area contributed by atoms with Gasteiger partial charge >= 0.3 is 0 Å². The molecule has 0 unspecified atom stereocenters. The van der Waals surface area contributed by atoms with Crippen molar-refractivity contribution in [3.8, 4) is 17.4 Å². The number of nitrogens with zero attached hydrogens (tertiary/aromatic N) is 1. The molecule has 28 heavy (non-hydrogen) atoms. The predicted octanol–water partition coefficient (Wildman–Crippen LogP) is 4.04. The van der Waals surface area contributed by atoms with Crippen LogP contribution in [-0.4, -0.2) is 24.0 Å². The van der Waals surface area contributed by atoms with Crippen LogP contribution in [-0.2, 0) is 6.54 Å². The minimum Gasteiger partial charge on any atom is -0.490 e. The minimum atomic E-state index is -0.515. The van der Waals surface area contributed by atoms with Crippen LogP contribution in [0.1, 0.15) is 54.9 Å². The van der Waals surface area contributed by atoms with E-state index in [2.05, 4.69) is 10.3 Å². The summed E-state index contributed by atoms with van der Waals surface area (Å²) >= 11 is 0. The van der Waals surface area contributed by atoms with Crippen LogP contribution in [0.15, 0.2) is 36.5 Å². The van der Waals surface area contributed by atoms with Crippen LogP contribution in [0.3, 0.4) is 0 Å². The lowest BCUT2D eigenvalue weighted by Crippen LogP contribution is -2.17. The van der Waals surface area contributed by atoms with E-state index in [0.717, 1.165) is 24.6 Å². The van der Waals surface area contributed by atoms with Gasteiger partial charge in [0, 0.05) is 18.8 Å². The maximum absolute atomic E-state index is 11.1. The normalized spacial score (nSPS) is 14.2. The lowest BCUT2D eigenvalue weighted by atomic mass is 10.0. The summed E-state index contributed by atoms with van der Waals surface area (Å²) in [7, 11) is 0. The van der Waals surface area contributed by atoms with E-state index in [9.17, 15) is 4.79 Å². The summed E-state index contributed by atoms with van der Waals surface area (Å²) in [6.07, 6.45) is 8.22. The smallest absolute Gasteiger partial charge is 0.250 e. The maximum atomic E-state index is 11.1. The highest BCUT2D eigenvalue weighted by molar-refractivity contribution is 5.92. The van der Waals surface area contributed by atoms with Crippen molar-refractivity contribution in [1.29, 1.82) is 0 Å². The second kappa shape index (κ2) is 10.1. The number of benzene rings is 1. The highest BCUT2D eigenvalue weighted by atomic mass is 16.5. The van der Waals surface area contributed by atoms with E-state index < -0.39 is 5.91 Å². The second-order valence-corrected chi connectivity index (χ2v) is 7.18. The molecule has 1 amide bonds. The van der Waals surface area contributed by atoms with Crippen molar-refractivity contribution in [2.45, 2.75) is 45.6 Å². The fourth-order valence-corrected chi connectivity index (χ4v) is 3.55. The van der Waals surface area contributed by atoms with Crippen molar-refractivity contribution in [3.63, 3.8) is 0 Å². The topological polar surface area (TPSA) is 86.5 Å². The van der Waals surface area contributed by atoms with Crippen LogP contribution in [0.4, 0.5) is 0 Å². The number of hydrogen-bond acceptors (Lipinski definition) is 5. The Hall–Kier alpha value is -2.60. The van der Waals surface area contributed by atoms with E-state index >= 15 is 0 Å². The van der Waals surface area contributed by atoms with E-state index in [1.54, 1.807) is 12.1 Å². The lowest BCUT2D eigenvalue weighted by molar-refractivity contribution is 0.1000. The van der Waals surface area contributed by atoms with Gasteiger partial charge in [-0.25, -0.2) is 4.98 Å². The number of carbonyl (C=O) groups excluding carboxylic acids is 1. The van der Waals surface area contributed by atoms with E-state index in [-0.39, 0.29) is 0 Å². The summed E-state index contributed by atoms with van der Waals surface area (Å²) in [5, 5.41) is 3.53. The molecule has 1 aliphatic rings. The lowest BCUT2D eigenvalue weighted by Gasteiger charge is -2.14. The predicted molar refractivity (Wildman–Crippen MR) is 109 cm³/mol. The first-order chi connectivity index (χ1) is 13.7. The molecule has 6 nitrogen and oxygen atoms in total. The molecular formula is C22H29N3O3. The Morgan fingerprint density at radius 3 is 2.71 bits per heavy atom. The molecule has 1 heterocycles. The molecule has 0 spiro atoms. The number of primary amides is 1. The van der Waals surface area contributed by atoms with Gasteiger partial charge in [0.15, 0.2) is 11.5 Å². The standard InChI is InChI=1S/C22H29N3O3/c1-2-27-20-13-17(14-24-12-11-16-5-3-4-6-16)7-9-19(20)28-21-10-8-18(15-25-21)22(23)26/h7-10,13,15-16,24H,2-6,11-12,14H2,1H3,(H2,23,26). The van der Waals surface area contributed by atoms with Crippen LogP contribution < -0.4 is 20.5 Å². The molecule has 150 valence electrons. The molecule has 0 saturated heterocycles. The number of nitrogens with one attached hydrogen (secondary N) is 1. The van der Waals surface area contributed by atoms with Crippen molar-refractivity contribution < 1.29 is 14.3 Å². The fraction of sp³-hybridized carbons (Fsp3) is 0.455. The number of hydrogen-bond donors (Lipinski definition) is 2. The number of carbonyl (C=O) groups is 1. The number of pyridine rings is 1. The molecule has 0 bridgehead atoms. The van der Waals surface area contributed by atoms with Crippen LogP contribution >= 0.6 is 0 Å². The third-order valence-corrected chi connectivity index (χ3v) is 5.08. The summed E-state index contributed by atoms with van der Waals surface area (Å²) in [5.41, 5.74) is 6.73. The first-order valence-corrected chi connectivity index (χ1v) is 10.1. The first-order valence-electron chi connectivity index (χ1n) is 10.1. The molecule has 3 rings (SSSR count). The van der Waals surface area contributed by atoms with Crippen molar-refractivity contribution >= 4 is 5.91 Å². The van der Waals surface area contributed by atoms with Gasteiger partial charge in [0.1, 0.15) is 0 Å². The van der Waals surface area contributed by atoms with E-state index in [4.69, 9.17) is 15.2 Å². The van der Waals surface area contributed by atoms with Crippen molar-refractivity contribution in [2.24, 2.45) is 11.7 Å². The number of ether oxygens (including phenoxy) is 2. The summed E-state index contributed by atoms with van der Waals surface area (Å²) in [6, 6.07) is 9.13. The maximum Gasteiger partial charge on any atom is 0.250 e. The summed E-state index contributed by atoms with van der Waals surface area (Å²) in [6.45, 7) is 4.33. The van der Waals surface area contributed by atoms with Gasteiger partial charge in [-0.15, -0.1) is 0 Å². The molecule has 1 aromatic heterocycles. The monoisotopic (exact) mass is 383 g/mol. The first kappa shape index (κ1) is 20.1. The van der Waals surface area contributed by atoms with Crippen molar-refractivity contribution in [1.82, 2.24) is 10.3 Å². The molecule has 0 radical (unpaired) electrons. The Morgan fingerprint density at radius 2 is 2.04 bits per heavy atom. The highest BCUT2D eigenvalue weighted by Gasteiger charge is 2.14. The molecule has 1 aromatic carbocycles. The zero-order valence-electron chi connectivity index (χ0n) is 16.4. The molecular weight excluding hydrogens is 354 g/mol. The SMILES string of the molecule is CCOc1cc(CNCCC2CCCC2)ccc1Oc1ccc(C(N)=O)cn1. The Bertz CT molecular complexity index is 771. The van der Waals surface area contributed by atoms with Gasteiger partial charge in [0.05, 0.1) is 12.2 Å². The van der Waals surface area contributed by atoms with Gasteiger partial charge in [0.25, 0.3) is 0 Å². The van der Waals surface area contributed by atoms with Gasteiger partial charge in [-0.05, 0) is 49.6 Å². The average Bonchev–Trinajstić information content (AvgIpc) is 3.21. The molecule has 1 aliphatic carbocycles. The summed E-state index contributed by atoms with van der Waals surface area (Å²) in [5.74, 6) is 2.04. The van der Waals surface area contributed by atoms with Gasteiger partial charge in [-0.1, -0.05) is 31.7 Å². The fourth-order valence-electron chi connectivity index (χ4n) is 3.55. The van der Waals surface area contributed by atoms with E-state index in [0.29, 0.717) is 29.5 Å². The highest BCUT2D eigenvalue weighted by Crippen LogP contribution is 2.32. The van der Waals surface area contributed by atoms with Crippen LogP contribution in [0, 0.1) is 5.92 Å². The largest absolute Gasteiger partial charge is 0.490 e. The molecule has 3 N–H and O–H groups in total. The molecule has 1 fully saturated rings. The van der Waals surface area contributed by atoms with Crippen molar-refractivity contribution in [2.75, 3.05) is 13.2 Å². The van der Waals surface area contributed by atoms with E-state index in [1.807, 2.05) is 25.1 Å². The second-order valence-electron chi connectivity index (χ2n) is 7.18. The third-order valence-electron chi connectivity index (χ3n) is 5.08. The molecule has 1 saturated carbocycles. The van der Waals surface area contributed by atoms with Crippen LogP contribution in [0.25, 0.3) is 0 Å². The molecule has 6 heteroatoms. The van der Waals surface area contributed by atoms with Gasteiger partial charge in [-0.3, -0.25) is 4.79 Å². The third kappa shape index (κ3) is 5.70. The van der Waals surface area contributed by atoms with E-state index in [1.165, 1.54) is 38.3 Å². The van der Waals surface area contributed by atoms with Gasteiger partial charge in [-0.2, -0.15) is 0 Å². The Balaban J connectivity index is 1.58. The quantitative estimate of drug-likeness (QED) is 0.605. The van der Waals surface area contributed by atoms with Gasteiger partial charge in [0.2, 0.25) is 11.8 Å². The Kier molecular flexibility index (Phi) is 7.25. The van der Waals surface area contributed by atoms with Crippen LogP contribution in [0.5, 0.6) is 17.4 Å². The van der Waals surface area contributed by atoms with Crippen molar-refractivity contribution in [3.05, 3.63) is 47.7 Å². The minimum absolute atomic E-state index is 0.344. The van der Waals surface area contributed by atoms with Gasteiger partial charge < -0.3 is 20.5 Å². The number of amides is 1. The number of rotatable bonds is 10. The molecule has 2 aromatic rings. The molecule has 0 atom stereocenters. The van der Waals surface area contributed by atoms with Crippen LogP contribution in [0.2, 0.25) is 0 Å². The Labute approximate surface area is 166 Å². The zero-order chi connectivity index (χ0) is 19.8. The molecule has 0 aliphatic heterocycles. The average molecular weight is 383 g/mol. The summed E-state index contributed by atoms with van der Waals surface area (Å²) in [4.78, 5) is 15.3. The number of aromatic nitrogens is 1. The Morgan fingerprint density at radius 1 is 1.21 bits per heavy atom.